The van der Waals surface area contributed by atoms with E-state index in [0.717, 1.165) is 27.7 Å². The molecule has 0 spiro atoms. The lowest BCUT2D eigenvalue weighted by atomic mass is 10.2. The number of amides is 2. The smallest absolute Gasteiger partial charge is 0.339 e. The summed E-state index contributed by atoms with van der Waals surface area (Å²) in [6.07, 6.45) is 2.45. The number of carbonyl (C=O) groups excluding carboxylic acids is 1. The van der Waals surface area contributed by atoms with Crippen LogP contribution in [0.15, 0.2) is 46.0 Å². The molecule has 2 N–H and O–H groups in total. The lowest BCUT2D eigenvalue weighted by molar-refractivity contribution is 0.252. The van der Waals surface area contributed by atoms with Gasteiger partial charge in [0, 0.05) is 5.69 Å². The molecule has 27 heavy (non-hydrogen) atoms. The number of anilines is 1. The Morgan fingerprint density at radius 1 is 1.22 bits per heavy atom. The number of benzene rings is 2. The molecule has 7 heteroatoms. The summed E-state index contributed by atoms with van der Waals surface area (Å²) in [5.74, 6) is 1.30. The minimum absolute atomic E-state index is 0.410. The van der Waals surface area contributed by atoms with E-state index < -0.39 is 6.03 Å². The highest BCUT2D eigenvalue weighted by molar-refractivity contribution is 9.10. The van der Waals surface area contributed by atoms with Gasteiger partial charge in [-0.25, -0.2) is 10.2 Å². The van der Waals surface area contributed by atoms with Crippen molar-refractivity contribution in [2.24, 2.45) is 5.10 Å². The molecule has 2 amide bonds. The number of halogens is 1. The highest BCUT2D eigenvalue weighted by atomic mass is 79.9. The first-order chi connectivity index (χ1) is 13.0. The molecule has 0 bridgehead atoms. The van der Waals surface area contributed by atoms with Gasteiger partial charge in [-0.15, -0.1) is 0 Å². The second kappa shape index (κ2) is 10.6. The first-order valence-corrected chi connectivity index (χ1v) is 9.59. The summed E-state index contributed by atoms with van der Waals surface area (Å²) in [5.41, 5.74) is 4.94. The van der Waals surface area contributed by atoms with E-state index in [1.54, 1.807) is 6.21 Å². The Hall–Kier alpha value is -2.54. The normalized spacial score (nSPS) is 10.7. The van der Waals surface area contributed by atoms with Crippen LogP contribution in [-0.2, 0) is 0 Å². The standard InChI is InChI=1S/C20H24BrN3O3/c1-4-10-27-19-16(21)11-15(12-18(19)26-5-2)13-22-24-20(25)23-17-9-7-6-8-14(17)3/h6-9,11-13H,4-5,10H2,1-3H3,(H2,23,24,25)/b22-13-. The third kappa shape index (κ3) is 6.29. The number of ether oxygens (including phenoxy) is 2. The highest BCUT2D eigenvalue weighted by Crippen LogP contribution is 2.36. The lowest BCUT2D eigenvalue weighted by Crippen LogP contribution is -2.24. The van der Waals surface area contributed by atoms with E-state index >= 15 is 0 Å². The van der Waals surface area contributed by atoms with Crippen LogP contribution in [0.5, 0.6) is 11.5 Å². The Balaban J connectivity index is 2.05. The second-order valence-electron chi connectivity index (χ2n) is 5.75. The van der Waals surface area contributed by atoms with Crippen molar-refractivity contribution >= 4 is 33.9 Å². The predicted molar refractivity (Wildman–Crippen MR) is 112 cm³/mol. The molecule has 6 nitrogen and oxygen atoms in total. The summed E-state index contributed by atoms with van der Waals surface area (Å²) in [6.45, 7) is 7.01. The van der Waals surface area contributed by atoms with E-state index in [-0.39, 0.29) is 0 Å². The Labute approximate surface area is 168 Å². The second-order valence-corrected chi connectivity index (χ2v) is 6.60. The van der Waals surface area contributed by atoms with Gasteiger partial charge in [-0.1, -0.05) is 25.1 Å². The average Bonchev–Trinajstić information content (AvgIpc) is 2.63. The van der Waals surface area contributed by atoms with Crippen LogP contribution in [0.3, 0.4) is 0 Å². The van der Waals surface area contributed by atoms with Crippen LogP contribution in [0.25, 0.3) is 0 Å². The number of rotatable bonds is 8. The van der Waals surface area contributed by atoms with Gasteiger partial charge >= 0.3 is 6.03 Å². The molecule has 0 aromatic heterocycles. The zero-order valence-corrected chi connectivity index (χ0v) is 17.3. The number of nitrogens with zero attached hydrogens (tertiary/aromatic N) is 1. The molecule has 2 rings (SSSR count). The van der Waals surface area contributed by atoms with Crippen molar-refractivity contribution in [3.8, 4) is 11.5 Å². The van der Waals surface area contributed by atoms with E-state index in [0.29, 0.717) is 24.7 Å². The average molecular weight is 434 g/mol. The molecule has 0 radical (unpaired) electrons. The van der Waals surface area contributed by atoms with Gasteiger partial charge in [0.05, 0.1) is 23.9 Å². The molecule has 2 aromatic rings. The third-order valence-electron chi connectivity index (χ3n) is 3.56. The number of para-hydroxylation sites is 1. The van der Waals surface area contributed by atoms with Crippen molar-refractivity contribution in [1.82, 2.24) is 5.43 Å². The van der Waals surface area contributed by atoms with E-state index in [4.69, 9.17) is 9.47 Å². The minimum Gasteiger partial charge on any atom is -0.490 e. The number of hydrazone groups is 1. The maximum absolute atomic E-state index is 12.0. The first-order valence-electron chi connectivity index (χ1n) is 8.80. The molecule has 0 saturated carbocycles. The van der Waals surface area contributed by atoms with Gasteiger partial charge in [0.25, 0.3) is 0 Å². The quantitative estimate of drug-likeness (QED) is 0.449. The highest BCUT2D eigenvalue weighted by Gasteiger charge is 2.11. The number of hydrogen-bond acceptors (Lipinski definition) is 4. The predicted octanol–water partition coefficient (Wildman–Crippen LogP) is 5.10. The summed E-state index contributed by atoms with van der Waals surface area (Å²) in [6, 6.07) is 10.8. The number of urea groups is 1. The fourth-order valence-corrected chi connectivity index (χ4v) is 2.87. The zero-order valence-electron chi connectivity index (χ0n) is 15.7. The Morgan fingerprint density at radius 2 is 2.00 bits per heavy atom. The maximum atomic E-state index is 12.0. The topological polar surface area (TPSA) is 72.0 Å². The molecular formula is C20H24BrN3O3. The van der Waals surface area contributed by atoms with Gasteiger partial charge in [0.2, 0.25) is 0 Å². The maximum Gasteiger partial charge on any atom is 0.339 e. The Kier molecular flexibility index (Phi) is 8.13. The molecule has 144 valence electrons. The van der Waals surface area contributed by atoms with E-state index in [9.17, 15) is 4.79 Å². The van der Waals surface area contributed by atoms with Gasteiger partial charge in [-0.05, 0) is 65.5 Å². The van der Waals surface area contributed by atoms with E-state index in [2.05, 4.69) is 31.8 Å². The molecule has 0 aliphatic carbocycles. The largest absolute Gasteiger partial charge is 0.490 e. The summed E-state index contributed by atoms with van der Waals surface area (Å²) in [5, 5.41) is 6.75. The summed E-state index contributed by atoms with van der Waals surface area (Å²) < 4.78 is 12.2. The molecule has 0 fully saturated rings. The molecule has 0 aliphatic rings. The molecule has 0 aliphatic heterocycles. The molecule has 0 saturated heterocycles. The monoisotopic (exact) mass is 433 g/mol. The van der Waals surface area contributed by atoms with E-state index in [1.165, 1.54) is 0 Å². The Bertz CT molecular complexity index is 809. The van der Waals surface area contributed by atoms with Gasteiger partial charge in [0.1, 0.15) is 0 Å². The van der Waals surface area contributed by atoms with Crippen molar-refractivity contribution in [1.29, 1.82) is 0 Å². The van der Waals surface area contributed by atoms with Crippen LogP contribution >= 0.6 is 15.9 Å². The van der Waals surface area contributed by atoms with Crippen LogP contribution in [0.4, 0.5) is 10.5 Å². The van der Waals surface area contributed by atoms with Gasteiger partial charge in [-0.2, -0.15) is 5.10 Å². The van der Waals surface area contributed by atoms with Gasteiger partial charge in [0.15, 0.2) is 11.5 Å². The fraction of sp³-hybridized carbons (Fsp3) is 0.300. The number of nitrogens with one attached hydrogen (secondary N) is 2. The van der Waals surface area contributed by atoms with Crippen LogP contribution in [0, 0.1) is 6.92 Å². The number of carbonyl (C=O) groups is 1. The van der Waals surface area contributed by atoms with Crippen LogP contribution in [-0.4, -0.2) is 25.5 Å². The molecule has 0 unspecified atom stereocenters. The van der Waals surface area contributed by atoms with Crippen molar-refractivity contribution in [3.63, 3.8) is 0 Å². The van der Waals surface area contributed by atoms with Crippen LogP contribution < -0.4 is 20.2 Å². The molecule has 0 heterocycles. The lowest BCUT2D eigenvalue weighted by Gasteiger charge is -2.14. The van der Waals surface area contributed by atoms with Gasteiger partial charge < -0.3 is 14.8 Å². The fourth-order valence-electron chi connectivity index (χ4n) is 2.30. The summed E-state index contributed by atoms with van der Waals surface area (Å²) in [4.78, 5) is 12.0. The first kappa shape index (κ1) is 20.8. The van der Waals surface area contributed by atoms with Crippen LogP contribution in [0.1, 0.15) is 31.4 Å². The van der Waals surface area contributed by atoms with Crippen LogP contribution in [0.2, 0.25) is 0 Å². The van der Waals surface area contributed by atoms with Crippen molar-refractivity contribution < 1.29 is 14.3 Å². The van der Waals surface area contributed by atoms with E-state index in [1.807, 2.05) is 57.2 Å². The third-order valence-corrected chi connectivity index (χ3v) is 4.14. The number of hydrogen-bond donors (Lipinski definition) is 2. The van der Waals surface area contributed by atoms with Crippen molar-refractivity contribution in [2.45, 2.75) is 27.2 Å². The molecule has 0 atom stereocenters. The van der Waals surface area contributed by atoms with Crippen molar-refractivity contribution in [3.05, 3.63) is 52.0 Å². The number of aryl methyl sites for hydroxylation is 1. The SMILES string of the molecule is CCCOc1c(Br)cc(/C=N\NC(=O)Nc2ccccc2C)cc1OCC. The minimum atomic E-state index is -0.410. The van der Waals surface area contributed by atoms with Gasteiger partial charge in [-0.3, -0.25) is 0 Å². The summed E-state index contributed by atoms with van der Waals surface area (Å²) in [7, 11) is 0. The zero-order chi connectivity index (χ0) is 19.6. The molecule has 2 aromatic carbocycles. The molecular weight excluding hydrogens is 410 g/mol. The van der Waals surface area contributed by atoms with Crippen molar-refractivity contribution in [2.75, 3.05) is 18.5 Å². The summed E-state index contributed by atoms with van der Waals surface area (Å²) >= 11 is 3.50. The Morgan fingerprint density at radius 3 is 2.70 bits per heavy atom.